The third-order valence-electron chi connectivity index (χ3n) is 14.2. The molecule has 10 saturated heterocycles. The molecule has 11 heteroatoms. The van der Waals surface area contributed by atoms with E-state index in [-0.39, 0.29) is 110 Å². The Bertz CT molecular complexity index is 1360. The van der Waals surface area contributed by atoms with E-state index in [9.17, 15) is 9.90 Å². The molecule has 0 aliphatic carbocycles. The first kappa shape index (κ1) is 35.5. The normalized spacial score (nSPS) is 53.2. The molecule has 10 rings (SSSR count). The van der Waals surface area contributed by atoms with E-state index in [1.165, 1.54) is 0 Å². The summed E-state index contributed by atoms with van der Waals surface area (Å²) in [6.45, 7) is 13.5. The number of hydrogen-bond donors (Lipinski definition) is 2. The van der Waals surface area contributed by atoms with Crippen LogP contribution in [0.3, 0.4) is 0 Å². The minimum Gasteiger partial charge on any atom is -0.392 e. The van der Waals surface area contributed by atoms with Crippen LogP contribution in [0.15, 0.2) is 24.3 Å². The van der Waals surface area contributed by atoms with Crippen LogP contribution in [0.5, 0.6) is 0 Å². The molecule has 0 amide bonds. The summed E-state index contributed by atoms with van der Waals surface area (Å²) in [6.07, 6.45) is 6.43. The van der Waals surface area contributed by atoms with E-state index in [1.807, 2.05) is 0 Å². The van der Waals surface area contributed by atoms with Gasteiger partial charge in [-0.25, -0.2) is 0 Å². The van der Waals surface area contributed by atoms with Crippen molar-refractivity contribution in [2.24, 2.45) is 23.5 Å². The Morgan fingerprint density at radius 2 is 1.51 bits per heavy atom. The summed E-state index contributed by atoms with van der Waals surface area (Å²) in [5.74, 6) is -0.222. The van der Waals surface area contributed by atoms with E-state index in [4.69, 9.17) is 43.6 Å². The molecule has 1 spiro atoms. The van der Waals surface area contributed by atoms with E-state index in [1.54, 1.807) is 0 Å². The number of carbonyl (C=O) groups excluding carboxylic acids is 1. The number of rotatable bonds is 3. The number of nitrogens with two attached hydrogens (primary N) is 1. The second-order valence-corrected chi connectivity index (χ2v) is 17.6. The first-order valence-corrected chi connectivity index (χ1v) is 20.1. The van der Waals surface area contributed by atoms with Crippen LogP contribution >= 0.6 is 0 Å². The zero-order valence-electron chi connectivity index (χ0n) is 30.4. The highest BCUT2D eigenvalue weighted by atomic mass is 16.8. The second-order valence-electron chi connectivity index (χ2n) is 17.6. The van der Waals surface area contributed by atoms with Gasteiger partial charge in [0.05, 0.1) is 61.0 Å². The lowest BCUT2D eigenvalue weighted by molar-refractivity contribution is -0.292. The molecule has 0 aromatic rings. The van der Waals surface area contributed by atoms with Crippen LogP contribution in [-0.2, 0) is 42.7 Å². The van der Waals surface area contributed by atoms with E-state index in [0.717, 1.165) is 56.1 Å². The lowest BCUT2D eigenvalue weighted by Crippen LogP contribution is -2.61. The Hall–Kier alpha value is -1.25. The zero-order chi connectivity index (χ0) is 35.2. The van der Waals surface area contributed by atoms with Crippen molar-refractivity contribution in [3.05, 3.63) is 24.3 Å². The number of hydrogen-bond acceptors (Lipinski definition) is 11. The summed E-state index contributed by atoms with van der Waals surface area (Å²) < 4.78 is 54.0. The number of ketones is 1. The van der Waals surface area contributed by atoms with Gasteiger partial charge in [0.25, 0.3) is 0 Å². The maximum absolute atomic E-state index is 14.0. The Labute approximate surface area is 302 Å². The van der Waals surface area contributed by atoms with Gasteiger partial charge in [-0.3, -0.25) is 4.79 Å². The predicted octanol–water partition coefficient (Wildman–Crippen LogP) is 4.06. The lowest BCUT2D eigenvalue weighted by Gasteiger charge is -2.47. The van der Waals surface area contributed by atoms with Crippen molar-refractivity contribution >= 4 is 5.78 Å². The molecule has 3 N–H and O–H groups in total. The van der Waals surface area contributed by atoms with Gasteiger partial charge < -0.3 is 48.7 Å². The molecule has 5 unspecified atom stereocenters. The van der Waals surface area contributed by atoms with E-state index < -0.39 is 11.9 Å². The average Bonchev–Trinajstić information content (AvgIpc) is 3.77. The van der Waals surface area contributed by atoms with Crippen LogP contribution in [-0.4, -0.2) is 115 Å². The molecule has 0 aromatic heterocycles. The molecule has 0 radical (unpaired) electrons. The lowest BCUT2D eigenvalue weighted by atomic mass is 9.78. The van der Waals surface area contributed by atoms with E-state index in [0.29, 0.717) is 44.4 Å². The third-order valence-corrected chi connectivity index (χ3v) is 14.2. The average molecular weight is 714 g/mol. The molecule has 10 aliphatic heterocycles. The summed E-state index contributed by atoms with van der Waals surface area (Å²) in [4.78, 5) is 14.0. The maximum Gasteiger partial charge on any atom is 0.172 e. The SMILES string of the molecule is C=C1C[C@@H]2CC[C@@]34C[C@@H]5O[C@H]6[C@@H](O3)[C@H]3OC(CC[C@@H]3O[C@H]6C5O4)CC(=O)C[C@H]3[C@H](CC4O[C@@H](CCC1O2)C[C@@H](C)C4=C)OC(C[C@H](O)CN)[C@@H]3C. The van der Waals surface area contributed by atoms with Crippen molar-refractivity contribution in [1.82, 2.24) is 0 Å². The van der Waals surface area contributed by atoms with Crippen LogP contribution in [0, 0.1) is 17.8 Å². The second kappa shape index (κ2) is 13.8. The molecule has 0 saturated carbocycles. The number of ether oxygens (including phenoxy) is 8. The minimum atomic E-state index is -0.765. The highest BCUT2D eigenvalue weighted by Gasteiger charge is 2.68. The molecule has 51 heavy (non-hydrogen) atoms. The fraction of sp³-hybridized carbons (Fsp3) is 0.875. The van der Waals surface area contributed by atoms with Crippen molar-refractivity contribution in [1.29, 1.82) is 0 Å². The van der Waals surface area contributed by atoms with Crippen molar-refractivity contribution < 1.29 is 47.8 Å². The first-order valence-electron chi connectivity index (χ1n) is 20.1. The molecular weight excluding hydrogens is 654 g/mol. The van der Waals surface area contributed by atoms with Crippen LogP contribution in [0.2, 0.25) is 0 Å². The van der Waals surface area contributed by atoms with Crippen LogP contribution < -0.4 is 5.73 Å². The molecule has 11 nitrogen and oxygen atoms in total. The Morgan fingerprint density at radius 3 is 2.35 bits per heavy atom. The van der Waals surface area contributed by atoms with Crippen molar-refractivity contribution in [2.75, 3.05) is 6.54 Å². The van der Waals surface area contributed by atoms with Crippen molar-refractivity contribution in [3.8, 4) is 0 Å². The molecule has 10 heterocycles. The maximum atomic E-state index is 14.0. The van der Waals surface area contributed by atoms with Crippen LogP contribution in [0.25, 0.3) is 0 Å². The smallest absolute Gasteiger partial charge is 0.172 e. The number of fused-ring (bicyclic) bond motifs is 6. The molecule has 19 atom stereocenters. The molecule has 10 fully saturated rings. The minimum absolute atomic E-state index is 0.00127. The third kappa shape index (κ3) is 6.53. The van der Waals surface area contributed by atoms with Gasteiger partial charge in [0.1, 0.15) is 36.3 Å². The van der Waals surface area contributed by atoms with E-state index in [2.05, 4.69) is 27.0 Å². The van der Waals surface area contributed by atoms with Gasteiger partial charge in [-0.2, -0.15) is 0 Å². The standard InChI is InChI=1S/C40H59NO10/c1-19-11-25-5-7-29-20(2)12-27(44-29)9-10-40-17-34-36(50-40)37-38(49-34)39(51-40)35-30(48-37)8-6-26(46-35)13-23(42)14-28-22(4)31(15-24(43)18-41)47-33(28)16-32(45-25)21(19)3/h19,22,24-39,43H,2-3,5-18,41H2,1,4H3/t19-,22-,24+,25+,26?,27+,28-,29?,30+,31?,32?,33+,34+,35+,36?,37+,38-,39+,40+/m1/s1. The van der Waals surface area contributed by atoms with Gasteiger partial charge >= 0.3 is 0 Å². The largest absolute Gasteiger partial charge is 0.392 e. The molecule has 12 bridgehead atoms. The van der Waals surface area contributed by atoms with Gasteiger partial charge in [-0.05, 0) is 73.8 Å². The highest BCUT2D eigenvalue weighted by molar-refractivity contribution is 5.79. The van der Waals surface area contributed by atoms with Gasteiger partial charge in [-0.15, -0.1) is 0 Å². The number of aliphatic hydroxyl groups excluding tert-OH is 1. The topological polar surface area (TPSA) is 137 Å². The van der Waals surface area contributed by atoms with E-state index >= 15 is 0 Å². The fourth-order valence-electron chi connectivity index (χ4n) is 11.3. The number of Topliss-reactive ketones (excluding diaryl/α,β-unsaturated/α-hetero) is 1. The Balaban J connectivity index is 0.986. The summed E-state index contributed by atoms with van der Waals surface area (Å²) in [7, 11) is 0. The monoisotopic (exact) mass is 713 g/mol. The number of carbonyl (C=O) groups is 1. The summed E-state index contributed by atoms with van der Waals surface area (Å²) in [6, 6.07) is 0. The predicted molar refractivity (Wildman–Crippen MR) is 185 cm³/mol. The quantitative estimate of drug-likeness (QED) is 0.410. The van der Waals surface area contributed by atoms with Crippen molar-refractivity contribution in [2.45, 2.75) is 195 Å². The first-order chi connectivity index (χ1) is 24.6. The van der Waals surface area contributed by atoms with Crippen LogP contribution in [0.4, 0.5) is 0 Å². The molecule has 284 valence electrons. The molecule has 10 aliphatic rings. The zero-order valence-corrected chi connectivity index (χ0v) is 30.4. The van der Waals surface area contributed by atoms with Crippen molar-refractivity contribution in [3.63, 3.8) is 0 Å². The summed E-state index contributed by atoms with van der Waals surface area (Å²) in [5.41, 5.74) is 8.06. The Kier molecular flexibility index (Phi) is 9.59. The fourth-order valence-corrected chi connectivity index (χ4v) is 11.3. The summed E-state index contributed by atoms with van der Waals surface area (Å²) >= 11 is 0. The summed E-state index contributed by atoms with van der Waals surface area (Å²) in [5, 5.41) is 10.5. The van der Waals surface area contributed by atoms with Gasteiger partial charge in [0.15, 0.2) is 5.79 Å². The number of aliphatic hydroxyl groups is 1. The van der Waals surface area contributed by atoms with Gasteiger partial charge in [0.2, 0.25) is 0 Å². The van der Waals surface area contributed by atoms with Gasteiger partial charge in [-0.1, -0.05) is 27.0 Å². The molecule has 0 aromatic carbocycles. The van der Waals surface area contributed by atoms with Gasteiger partial charge in [0, 0.05) is 45.1 Å². The Morgan fingerprint density at radius 1 is 0.765 bits per heavy atom. The highest BCUT2D eigenvalue weighted by Crippen LogP contribution is 2.54. The molecular formula is C40H59NO10. The van der Waals surface area contributed by atoms with Crippen LogP contribution in [0.1, 0.15) is 97.3 Å².